The van der Waals surface area contributed by atoms with E-state index in [9.17, 15) is 0 Å². The number of carboxylic acid groups (broad SMARTS) is 2. The van der Waals surface area contributed by atoms with Gasteiger partial charge in [0.25, 0.3) is 0 Å². The normalized spacial score (nSPS) is 4.36. The Morgan fingerprint density at radius 3 is 1.27 bits per heavy atom. The Kier molecular flexibility index (Phi) is 60.2. The number of carbonyl (C=O) groups is 1. The van der Waals surface area contributed by atoms with Crippen LogP contribution in [0.4, 0.5) is 4.79 Å². The minimum absolute atomic E-state index is 0. The summed E-state index contributed by atoms with van der Waals surface area (Å²) in [6.07, 6.45) is -1.83. The maximum Gasteiger partial charge on any atom is 2.00 e. The Bertz CT molecular complexity index is 93.1. The smallest absolute Gasteiger partial charge is 1.00 e. The van der Waals surface area contributed by atoms with E-state index in [2.05, 4.69) is 0 Å². The molecule has 6 nitrogen and oxygen atoms in total. The van der Waals surface area contributed by atoms with E-state index >= 15 is 0 Å². The topological polar surface area (TPSA) is 115 Å². The molecule has 0 aliphatic heterocycles. The van der Waals surface area contributed by atoms with Gasteiger partial charge in [-0.1, -0.05) is 0 Å². The molecule has 0 aliphatic rings. The van der Waals surface area contributed by atoms with Gasteiger partial charge in [-0.25, -0.2) is 4.79 Å². The summed E-state index contributed by atoms with van der Waals surface area (Å²) in [7, 11) is -3.13. The van der Waals surface area contributed by atoms with Gasteiger partial charge in [0, 0.05) is 0 Å². The molecule has 0 saturated carbocycles. The molecule has 0 fully saturated rings. The maximum absolute atomic E-state index is 8.74. The van der Waals surface area contributed by atoms with Crippen molar-refractivity contribution in [3.05, 3.63) is 0 Å². The second-order valence-electron chi connectivity index (χ2n) is 0.565. The van der Waals surface area contributed by atoms with Gasteiger partial charge in [-0.15, -0.1) is 0 Å². The van der Waals surface area contributed by atoms with Crippen molar-refractivity contribution in [1.82, 2.24) is 0 Å². The Morgan fingerprint density at radius 2 is 1.27 bits per heavy atom. The van der Waals surface area contributed by atoms with Crippen LogP contribution in [-0.4, -0.2) is 113 Å². The van der Waals surface area contributed by atoms with E-state index < -0.39 is 15.3 Å². The summed E-state index contributed by atoms with van der Waals surface area (Å²) >= 11 is 0. The van der Waals surface area contributed by atoms with Crippen LogP contribution in [0.15, 0.2) is 0 Å². The second kappa shape index (κ2) is 22.5. The molecule has 0 radical (unpaired) electrons. The molecule has 0 spiro atoms. The van der Waals surface area contributed by atoms with E-state index in [1.807, 2.05) is 0 Å². The summed E-state index contributed by atoms with van der Waals surface area (Å²) in [5.74, 6) is 0. The third-order valence-electron chi connectivity index (χ3n) is 0. The average molecular weight is 239 g/mol. The van der Waals surface area contributed by atoms with E-state index in [1.165, 1.54) is 0 Å². The van der Waals surface area contributed by atoms with Crippen LogP contribution in [0.25, 0.3) is 0 Å². The van der Waals surface area contributed by atoms with E-state index in [0.29, 0.717) is 0 Å². The Hall–Kier alpha value is 1.45. The first-order chi connectivity index (χ1) is 3.46. The van der Waals surface area contributed by atoms with Gasteiger partial charge in [-0.05, 0) is 0 Å². The molecule has 0 rings (SSSR count). The van der Waals surface area contributed by atoms with Crippen LogP contribution in [0.2, 0.25) is 0 Å². The molecule has 0 aromatic heterocycles. The van der Waals surface area contributed by atoms with Gasteiger partial charge in [0.1, 0.15) is 0 Å². The van der Waals surface area contributed by atoms with Gasteiger partial charge in [0.2, 0.25) is 0 Å². The van der Waals surface area contributed by atoms with Crippen LogP contribution < -0.4 is 0 Å². The van der Waals surface area contributed by atoms with Gasteiger partial charge in [0.05, 0.1) is 0 Å². The number of rotatable bonds is 0. The van der Waals surface area contributed by atoms with E-state index in [0.717, 1.165) is 0 Å². The molecule has 0 heterocycles. The van der Waals surface area contributed by atoms with Gasteiger partial charge < -0.3 is 25.5 Å². The molecular weight excluding hydrogens is 227 g/mol. The number of hydrogen-bond donors (Lipinski definition) is 4. The van der Waals surface area contributed by atoms with Gasteiger partial charge in [-0.2, -0.15) is 0 Å². The van der Waals surface area contributed by atoms with Gasteiger partial charge >= 0.3 is 76.1 Å². The molecule has 0 aromatic rings. The van der Waals surface area contributed by atoms with Crippen LogP contribution in [-0.2, 0) is 4.46 Å². The first kappa shape index (κ1) is 29.4. The average Bonchev–Trinajstić information content (AvgIpc) is 1.25. The van der Waals surface area contributed by atoms with E-state index in [-0.39, 0.29) is 83.9 Å². The van der Waals surface area contributed by atoms with Crippen molar-refractivity contribution in [3.8, 4) is 0 Å². The summed E-state index contributed by atoms with van der Waals surface area (Å²) in [5.41, 5.74) is 0. The molecule has 4 N–H and O–H groups in total. The predicted octanol–water partition coefficient (Wildman–Crippen LogP) is -2.89. The maximum atomic E-state index is 8.74. The minimum atomic E-state index is -3.13. The fourth-order valence-corrected chi connectivity index (χ4v) is 0. The van der Waals surface area contributed by atoms with Crippen molar-refractivity contribution in [3.63, 3.8) is 0 Å². The Labute approximate surface area is 127 Å². The zero-order chi connectivity index (χ0) is 7.15. The SMILES string of the molecule is O=C(O)O.O=[Si](O)O.[AlH3].[Ca+2].[H-].[H-].[H-].[H-].[Mg+2]. The van der Waals surface area contributed by atoms with Crippen LogP contribution in [0.3, 0.4) is 0 Å². The molecule has 0 amide bonds. The van der Waals surface area contributed by atoms with Crippen LogP contribution in [0, 0.1) is 0 Å². The molecular formula is CH11AlCaMgO6Si. The molecule has 11 heavy (non-hydrogen) atoms. The van der Waals surface area contributed by atoms with Crippen molar-refractivity contribution in [2.24, 2.45) is 0 Å². The standard InChI is InChI=1S/CH2O3.Al.Ca.Mg.H2O3Si.7H/c2-1(3)4;;;;1-4(2)3;;;;;;;/h(H2,2,3,4);;;;1-2H;;;;;;;/q;;2*+2;;;;;4*-1. The summed E-state index contributed by atoms with van der Waals surface area (Å²) in [6, 6.07) is 0. The summed E-state index contributed by atoms with van der Waals surface area (Å²) in [6.45, 7) is 0. The molecule has 0 bridgehead atoms. The van der Waals surface area contributed by atoms with Crippen molar-refractivity contribution in [1.29, 1.82) is 0 Å². The van der Waals surface area contributed by atoms with Crippen molar-refractivity contribution >= 4 is 93.5 Å². The van der Waals surface area contributed by atoms with Crippen molar-refractivity contribution < 1.29 is 34.8 Å². The summed E-state index contributed by atoms with van der Waals surface area (Å²) < 4.78 is 8.74. The summed E-state index contributed by atoms with van der Waals surface area (Å²) in [4.78, 5) is 22.9. The van der Waals surface area contributed by atoms with Crippen LogP contribution in [0.1, 0.15) is 5.71 Å². The molecule has 0 aromatic carbocycles. The van der Waals surface area contributed by atoms with Crippen molar-refractivity contribution in [2.75, 3.05) is 0 Å². The first-order valence-electron chi connectivity index (χ1n) is 1.30. The zero-order valence-electron chi connectivity index (χ0n) is 9.02. The Balaban J connectivity index is -0.00000000468. The first-order valence-corrected chi connectivity index (χ1v) is 2.61. The van der Waals surface area contributed by atoms with Crippen LogP contribution in [0.5, 0.6) is 0 Å². The fraction of sp³-hybridized carbons (Fsp3) is 0. The number of hydrogen-bond acceptors (Lipinski definition) is 2. The predicted molar refractivity (Wildman–Crippen MR) is 47.4 cm³/mol. The fourth-order valence-electron chi connectivity index (χ4n) is 0. The van der Waals surface area contributed by atoms with Gasteiger partial charge in [-0.3, -0.25) is 4.46 Å². The largest absolute Gasteiger partial charge is 2.00 e. The third-order valence-corrected chi connectivity index (χ3v) is 0. The molecule has 0 unspecified atom stereocenters. The monoisotopic (exact) mass is 238 g/mol. The van der Waals surface area contributed by atoms with E-state index in [1.54, 1.807) is 0 Å². The van der Waals surface area contributed by atoms with Crippen molar-refractivity contribution in [2.45, 2.75) is 0 Å². The molecule has 0 atom stereocenters. The summed E-state index contributed by atoms with van der Waals surface area (Å²) in [5, 5.41) is 13.9. The minimum Gasteiger partial charge on any atom is -1.00 e. The Morgan fingerprint density at radius 1 is 1.27 bits per heavy atom. The zero-order valence-corrected chi connectivity index (χ0v) is 9.64. The quantitative estimate of drug-likeness (QED) is 0.337. The molecule has 62 valence electrons. The third kappa shape index (κ3) is 489. The molecule has 0 aliphatic carbocycles. The van der Waals surface area contributed by atoms with Gasteiger partial charge in [0.15, 0.2) is 17.4 Å². The second-order valence-corrected chi connectivity index (χ2v) is 1.13. The van der Waals surface area contributed by atoms with E-state index in [4.69, 9.17) is 29.1 Å². The molecule has 0 saturated heterocycles. The van der Waals surface area contributed by atoms with Crippen LogP contribution >= 0.6 is 0 Å². The molecule has 10 heteroatoms.